The fourth-order valence-electron chi connectivity index (χ4n) is 1.17. The van der Waals surface area contributed by atoms with Crippen molar-refractivity contribution in [2.24, 2.45) is 0 Å². The molecule has 0 unspecified atom stereocenters. The lowest BCUT2D eigenvalue weighted by Crippen LogP contribution is -2.06. The molecule has 16 heavy (non-hydrogen) atoms. The Kier molecular flexibility index (Phi) is 3.93. The standard InChI is InChI=1S/C11H11F3O2/c1-8(15)16-7-6-9-2-4-10(5-3-9)11(12,13)14/h2-5H,6-7H2,1H3. The molecular formula is C11H11F3O2. The summed E-state index contributed by atoms with van der Waals surface area (Å²) in [6, 6.07) is 4.80. The molecule has 0 N–H and O–H groups in total. The number of rotatable bonds is 3. The average molecular weight is 232 g/mol. The smallest absolute Gasteiger partial charge is 0.416 e. The van der Waals surface area contributed by atoms with Crippen molar-refractivity contribution < 1.29 is 22.7 Å². The summed E-state index contributed by atoms with van der Waals surface area (Å²) in [5.74, 6) is -0.396. The second kappa shape index (κ2) is 5.01. The van der Waals surface area contributed by atoms with Gasteiger partial charge in [0.1, 0.15) is 0 Å². The van der Waals surface area contributed by atoms with E-state index in [-0.39, 0.29) is 6.61 Å². The number of ether oxygens (including phenoxy) is 1. The number of hydrogen-bond donors (Lipinski definition) is 0. The van der Waals surface area contributed by atoms with E-state index in [4.69, 9.17) is 0 Å². The van der Waals surface area contributed by atoms with Crippen LogP contribution in [0.15, 0.2) is 24.3 Å². The first-order chi connectivity index (χ1) is 7.39. The van der Waals surface area contributed by atoms with Crippen molar-refractivity contribution in [3.63, 3.8) is 0 Å². The van der Waals surface area contributed by atoms with Gasteiger partial charge in [-0.05, 0) is 17.7 Å². The minimum absolute atomic E-state index is 0.181. The third-order valence-electron chi connectivity index (χ3n) is 1.98. The van der Waals surface area contributed by atoms with Gasteiger partial charge in [-0.3, -0.25) is 4.79 Å². The van der Waals surface area contributed by atoms with E-state index in [1.807, 2.05) is 0 Å². The monoisotopic (exact) mass is 232 g/mol. The first-order valence-electron chi connectivity index (χ1n) is 4.69. The quantitative estimate of drug-likeness (QED) is 0.749. The van der Waals surface area contributed by atoms with Crippen LogP contribution in [0.5, 0.6) is 0 Å². The highest BCUT2D eigenvalue weighted by Gasteiger charge is 2.29. The summed E-state index contributed by atoms with van der Waals surface area (Å²) in [6.07, 6.45) is -3.90. The third-order valence-corrected chi connectivity index (χ3v) is 1.98. The highest BCUT2D eigenvalue weighted by molar-refractivity contribution is 5.65. The molecule has 88 valence electrons. The molecule has 0 bridgehead atoms. The van der Waals surface area contributed by atoms with E-state index >= 15 is 0 Å². The molecular weight excluding hydrogens is 221 g/mol. The molecule has 0 radical (unpaired) electrons. The van der Waals surface area contributed by atoms with Crippen LogP contribution in [0.1, 0.15) is 18.1 Å². The Labute approximate surface area is 91.0 Å². The molecule has 0 heterocycles. The summed E-state index contributed by atoms with van der Waals surface area (Å²) >= 11 is 0. The molecule has 2 nitrogen and oxygen atoms in total. The van der Waals surface area contributed by atoms with Crippen molar-refractivity contribution in [3.05, 3.63) is 35.4 Å². The molecule has 0 saturated carbocycles. The van der Waals surface area contributed by atoms with Crippen LogP contribution in [0.3, 0.4) is 0 Å². The number of carbonyl (C=O) groups excluding carboxylic acids is 1. The molecule has 0 atom stereocenters. The van der Waals surface area contributed by atoms with Crippen LogP contribution in [0.2, 0.25) is 0 Å². The normalized spacial score (nSPS) is 11.2. The Balaban J connectivity index is 2.55. The molecule has 0 saturated heterocycles. The van der Waals surface area contributed by atoms with E-state index in [2.05, 4.69) is 4.74 Å². The summed E-state index contributed by atoms with van der Waals surface area (Å²) in [5.41, 5.74) is 0.0259. The summed E-state index contributed by atoms with van der Waals surface area (Å²) in [6.45, 7) is 1.47. The largest absolute Gasteiger partial charge is 0.466 e. The van der Waals surface area contributed by atoms with Gasteiger partial charge in [-0.15, -0.1) is 0 Å². The SMILES string of the molecule is CC(=O)OCCc1ccc(C(F)(F)F)cc1. The summed E-state index contributed by atoms with van der Waals surface area (Å²) in [5, 5.41) is 0. The molecule has 0 aliphatic heterocycles. The first-order valence-corrected chi connectivity index (χ1v) is 4.69. The fraction of sp³-hybridized carbons (Fsp3) is 0.364. The molecule has 1 aromatic carbocycles. The molecule has 0 aliphatic carbocycles. The predicted molar refractivity (Wildman–Crippen MR) is 51.8 cm³/mol. The first kappa shape index (κ1) is 12.5. The van der Waals surface area contributed by atoms with E-state index in [0.29, 0.717) is 12.0 Å². The van der Waals surface area contributed by atoms with Gasteiger partial charge >= 0.3 is 12.1 Å². The number of benzene rings is 1. The number of carbonyl (C=O) groups is 1. The van der Waals surface area contributed by atoms with E-state index in [0.717, 1.165) is 12.1 Å². The minimum atomic E-state index is -4.31. The third kappa shape index (κ3) is 3.92. The van der Waals surface area contributed by atoms with Gasteiger partial charge in [0.05, 0.1) is 12.2 Å². The van der Waals surface area contributed by atoms with E-state index in [9.17, 15) is 18.0 Å². The topological polar surface area (TPSA) is 26.3 Å². The summed E-state index contributed by atoms with van der Waals surface area (Å²) in [7, 11) is 0. The van der Waals surface area contributed by atoms with Gasteiger partial charge in [-0.25, -0.2) is 0 Å². The molecule has 0 aliphatic rings. The zero-order valence-electron chi connectivity index (χ0n) is 8.67. The van der Waals surface area contributed by atoms with Gasteiger partial charge in [-0.2, -0.15) is 13.2 Å². The van der Waals surface area contributed by atoms with Gasteiger partial charge in [0.2, 0.25) is 0 Å². The van der Waals surface area contributed by atoms with Gasteiger partial charge < -0.3 is 4.74 Å². The van der Waals surface area contributed by atoms with Crippen molar-refractivity contribution >= 4 is 5.97 Å². The lowest BCUT2D eigenvalue weighted by molar-refractivity contribution is -0.140. The molecule has 0 amide bonds. The highest BCUT2D eigenvalue weighted by atomic mass is 19.4. The summed E-state index contributed by atoms with van der Waals surface area (Å²) in [4.78, 5) is 10.4. The van der Waals surface area contributed by atoms with Gasteiger partial charge in [0.15, 0.2) is 0 Å². The van der Waals surface area contributed by atoms with E-state index in [1.54, 1.807) is 0 Å². The maximum atomic E-state index is 12.2. The maximum Gasteiger partial charge on any atom is 0.416 e. The van der Waals surface area contributed by atoms with Gasteiger partial charge in [0.25, 0.3) is 0 Å². The molecule has 1 rings (SSSR count). The number of hydrogen-bond acceptors (Lipinski definition) is 2. The van der Waals surface area contributed by atoms with Crippen molar-refractivity contribution in [1.82, 2.24) is 0 Å². The highest BCUT2D eigenvalue weighted by Crippen LogP contribution is 2.29. The Hall–Kier alpha value is -1.52. The van der Waals surface area contributed by atoms with Crippen molar-refractivity contribution in [2.75, 3.05) is 6.61 Å². The Morgan fingerprint density at radius 2 is 1.81 bits per heavy atom. The zero-order chi connectivity index (χ0) is 12.2. The lowest BCUT2D eigenvalue weighted by Gasteiger charge is -2.07. The van der Waals surface area contributed by atoms with Crippen LogP contribution < -0.4 is 0 Å². The Morgan fingerprint density at radius 1 is 1.25 bits per heavy atom. The van der Waals surface area contributed by atoms with Crippen LogP contribution in [0, 0.1) is 0 Å². The lowest BCUT2D eigenvalue weighted by atomic mass is 10.1. The van der Waals surface area contributed by atoms with Gasteiger partial charge in [-0.1, -0.05) is 12.1 Å². The minimum Gasteiger partial charge on any atom is -0.466 e. The van der Waals surface area contributed by atoms with Gasteiger partial charge in [0, 0.05) is 13.3 Å². The maximum absolute atomic E-state index is 12.2. The molecule has 0 spiro atoms. The van der Waals surface area contributed by atoms with Crippen LogP contribution >= 0.6 is 0 Å². The van der Waals surface area contributed by atoms with Crippen molar-refractivity contribution in [1.29, 1.82) is 0 Å². The number of esters is 1. The molecule has 0 aromatic heterocycles. The van der Waals surface area contributed by atoms with E-state index in [1.165, 1.54) is 19.1 Å². The average Bonchev–Trinajstić information content (AvgIpc) is 2.16. The second-order valence-electron chi connectivity index (χ2n) is 3.28. The number of halogens is 3. The Morgan fingerprint density at radius 3 is 2.25 bits per heavy atom. The zero-order valence-corrected chi connectivity index (χ0v) is 8.67. The molecule has 0 fully saturated rings. The number of alkyl halides is 3. The van der Waals surface area contributed by atoms with Crippen LogP contribution in [0.25, 0.3) is 0 Å². The predicted octanol–water partition coefficient (Wildman–Crippen LogP) is 2.81. The second-order valence-corrected chi connectivity index (χ2v) is 3.28. The molecule has 5 heteroatoms. The van der Waals surface area contributed by atoms with Crippen LogP contribution in [-0.2, 0) is 22.1 Å². The van der Waals surface area contributed by atoms with E-state index < -0.39 is 17.7 Å². The Bertz CT molecular complexity index is 354. The van der Waals surface area contributed by atoms with Crippen LogP contribution in [0.4, 0.5) is 13.2 Å². The van der Waals surface area contributed by atoms with Crippen molar-refractivity contribution in [2.45, 2.75) is 19.5 Å². The van der Waals surface area contributed by atoms with Crippen LogP contribution in [-0.4, -0.2) is 12.6 Å². The molecule has 1 aromatic rings. The fourth-order valence-corrected chi connectivity index (χ4v) is 1.17. The van der Waals surface area contributed by atoms with Crippen molar-refractivity contribution in [3.8, 4) is 0 Å². The summed E-state index contributed by atoms with van der Waals surface area (Å²) < 4.78 is 41.3.